The second-order valence-electron chi connectivity index (χ2n) is 3.23. The molecule has 15 heavy (non-hydrogen) atoms. The maximum absolute atomic E-state index is 13.4. The fourth-order valence-electron chi connectivity index (χ4n) is 1.36. The van der Waals surface area contributed by atoms with Crippen LogP contribution < -0.4 is 11.1 Å². The third kappa shape index (κ3) is 2.44. The van der Waals surface area contributed by atoms with Crippen LogP contribution in [0.5, 0.6) is 0 Å². The highest BCUT2D eigenvalue weighted by molar-refractivity contribution is 5.66. The molecule has 1 amide bonds. The summed E-state index contributed by atoms with van der Waals surface area (Å²) in [6, 6.07) is 5.85. The number of rotatable bonds is 3. The zero-order valence-corrected chi connectivity index (χ0v) is 8.33. The predicted molar refractivity (Wildman–Crippen MR) is 53.7 cm³/mol. The lowest BCUT2D eigenvalue weighted by Gasteiger charge is -2.28. The lowest BCUT2D eigenvalue weighted by molar-refractivity contribution is 0.175. The molecule has 5 heteroatoms. The molecule has 0 spiro atoms. The number of benzene rings is 1. The number of carboxylic acid groups (broad SMARTS) is 1. The van der Waals surface area contributed by atoms with Crippen LogP contribution in [0.1, 0.15) is 18.9 Å². The summed E-state index contributed by atoms with van der Waals surface area (Å²) in [7, 11) is 0. The number of nitrogens with two attached hydrogens (primary N) is 1. The number of nitrogens with one attached hydrogen (secondary N) is 1. The van der Waals surface area contributed by atoms with Gasteiger partial charge >= 0.3 is 6.09 Å². The molecule has 0 aromatic heterocycles. The van der Waals surface area contributed by atoms with E-state index >= 15 is 0 Å². The molecule has 1 rings (SSSR count). The second kappa shape index (κ2) is 4.27. The third-order valence-corrected chi connectivity index (χ3v) is 2.24. The van der Waals surface area contributed by atoms with Crippen LogP contribution in [0.2, 0.25) is 0 Å². The first kappa shape index (κ1) is 11.5. The van der Waals surface area contributed by atoms with Crippen LogP contribution >= 0.6 is 0 Å². The Kier molecular flexibility index (Phi) is 3.26. The fraction of sp³-hybridized carbons (Fsp3) is 0.300. The van der Waals surface area contributed by atoms with Crippen molar-refractivity contribution in [1.29, 1.82) is 0 Å². The standard InChI is InChI=1S/C10H13FN2O2/c1-2-10(12,13-9(14)15)7-5-3-4-6-8(7)11/h3-6,13H,2,12H2,1H3,(H,14,15). The first-order valence-corrected chi connectivity index (χ1v) is 4.54. The van der Waals surface area contributed by atoms with Crippen molar-refractivity contribution >= 4 is 6.09 Å². The predicted octanol–water partition coefficient (Wildman–Crippen LogP) is 1.61. The molecule has 1 aromatic rings. The van der Waals surface area contributed by atoms with Gasteiger partial charge in [-0.1, -0.05) is 25.1 Å². The van der Waals surface area contributed by atoms with E-state index in [1.807, 2.05) is 0 Å². The summed E-state index contributed by atoms with van der Waals surface area (Å²) in [5.74, 6) is -0.518. The molecule has 82 valence electrons. The molecule has 1 atom stereocenters. The highest BCUT2D eigenvalue weighted by atomic mass is 19.1. The molecule has 4 nitrogen and oxygen atoms in total. The van der Waals surface area contributed by atoms with Crippen LogP contribution in [0.15, 0.2) is 24.3 Å². The number of carbonyl (C=O) groups is 1. The van der Waals surface area contributed by atoms with E-state index in [0.717, 1.165) is 0 Å². The van der Waals surface area contributed by atoms with E-state index in [2.05, 4.69) is 5.32 Å². The molecule has 0 aliphatic carbocycles. The van der Waals surface area contributed by atoms with Crippen LogP contribution in [-0.2, 0) is 5.66 Å². The van der Waals surface area contributed by atoms with Gasteiger partial charge in [-0.3, -0.25) is 5.32 Å². The topological polar surface area (TPSA) is 75.3 Å². The maximum Gasteiger partial charge on any atom is 0.406 e. The van der Waals surface area contributed by atoms with E-state index < -0.39 is 17.6 Å². The average Bonchev–Trinajstić information content (AvgIpc) is 2.17. The summed E-state index contributed by atoms with van der Waals surface area (Å²) in [5.41, 5.74) is 4.56. The third-order valence-electron chi connectivity index (χ3n) is 2.24. The van der Waals surface area contributed by atoms with Crippen molar-refractivity contribution in [2.45, 2.75) is 19.0 Å². The van der Waals surface area contributed by atoms with Crippen LogP contribution in [0.4, 0.5) is 9.18 Å². The summed E-state index contributed by atoms with van der Waals surface area (Å²) in [4.78, 5) is 10.5. The van der Waals surface area contributed by atoms with E-state index in [0.29, 0.717) is 0 Å². The molecule has 0 bridgehead atoms. The SMILES string of the molecule is CCC(N)(NC(=O)O)c1ccccc1F. The van der Waals surface area contributed by atoms with Crippen molar-refractivity contribution in [3.05, 3.63) is 35.6 Å². The first-order valence-electron chi connectivity index (χ1n) is 4.54. The van der Waals surface area contributed by atoms with Gasteiger partial charge in [0, 0.05) is 5.56 Å². The second-order valence-corrected chi connectivity index (χ2v) is 3.23. The van der Waals surface area contributed by atoms with E-state index in [1.165, 1.54) is 18.2 Å². The van der Waals surface area contributed by atoms with E-state index in [-0.39, 0.29) is 12.0 Å². The lowest BCUT2D eigenvalue weighted by Crippen LogP contribution is -2.52. The smallest absolute Gasteiger partial charge is 0.406 e. The molecule has 0 saturated carbocycles. The maximum atomic E-state index is 13.4. The van der Waals surface area contributed by atoms with Crippen molar-refractivity contribution in [2.75, 3.05) is 0 Å². The minimum atomic E-state index is -1.38. The van der Waals surface area contributed by atoms with Crippen molar-refractivity contribution in [3.8, 4) is 0 Å². The Labute approximate surface area is 86.9 Å². The highest BCUT2D eigenvalue weighted by Crippen LogP contribution is 2.21. The van der Waals surface area contributed by atoms with Crippen molar-refractivity contribution in [1.82, 2.24) is 5.32 Å². The van der Waals surface area contributed by atoms with Gasteiger partial charge in [0.05, 0.1) is 0 Å². The minimum Gasteiger partial charge on any atom is -0.465 e. The summed E-state index contributed by atoms with van der Waals surface area (Å²) >= 11 is 0. The number of hydrogen-bond donors (Lipinski definition) is 3. The van der Waals surface area contributed by atoms with Crippen LogP contribution in [0, 0.1) is 5.82 Å². The summed E-state index contributed by atoms with van der Waals surface area (Å²) in [6.07, 6.45) is -1.01. The normalized spacial score (nSPS) is 14.3. The summed E-state index contributed by atoms with van der Waals surface area (Å²) in [5, 5.41) is 10.7. The van der Waals surface area contributed by atoms with Gasteiger partial charge in [0.1, 0.15) is 11.5 Å². The number of halogens is 1. The average molecular weight is 212 g/mol. The van der Waals surface area contributed by atoms with Crippen molar-refractivity contribution in [3.63, 3.8) is 0 Å². The quantitative estimate of drug-likeness (QED) is 0.666. The van der Waals surface area contributed by atoms with Crippen molar-refractivity contribution < 1.29 is 14.3 Å². The van der Waals surface area contributed by atoms with Crippen LogP contribution in [0.3, 0.4) is 0 Å². The van der Waals surface area contributed by atoms with Gasteiger partial charge in [0.2, 0.25) is 0 Å². The summed E-state index contributed by atoms with van der Waals surface area (Å²) in [6.45, 7) is 1.68. The van der Waals surface area contributed by atoms with Gasteiger partial charge < -0.3 is 10.8 Å². The van der Waals surface area contributed by atoms with Gasteiger partial charge in [0.25, 0.3) is 0 Å². The Morgan fingerprint density at radius 3 is 2.67 bits per heavy atom. The molecule has 4 N–H and O–H groups in total. The number of hydrogen-bond acceptors (Lipinski definition) is 2. The van der Waals surface area contributed by atoms with Gasteiger partial charge in [-0.05, 0) is 12.5 Å². The molecular weight excluding hydrogens is 199 g/mol. The molecular formula is C10H13FN2O2. The molecule has 0 aliphatic heterocycles. The molecule has 1 unspecified atom stereocenters. The Hall–Kier alpha value is -1.62. The molecule has 0 fully saturated rings. The van der Waals surface area contributed by atoms with E-state index in [4.69, 9.17) is 10.8 Å². The summed E-state index contributed by atoms with van der Waals surface area (Å²) < 4.78 is 13.4. The van der Waals surface area contributed by atoms with Crippen LogP contribution in [0.25, 0.3) is 0 Å². The van der Waals surface area contributed by atoms with Crippen molar-refractivity contribution in [2.24, 2.45) is 5.73 Å². The first-order chi connectivity index (χ1) is 6.99. The molecule has 0 aliphatic rings. The zero-order chi connectivity index (χ0) is 11.5. The molecule has 0 saturated heterocycles. The monoisotopic (exact) mass is 212 g/mol. The minimum absolute atomic E-state index is 0.148. The Morgan fingerprint density at radius 1 is 1.60 bits per heavy atom. The Balaban J connectivity index is 3.11. The van der Waals surface area contributed by atoms with E-state index in [1.54, 1.807) is 13.0 Å². The van der Waals surface area contributed by atoms with Crippen LogP contribution in [-0.4, -0.2) is 11.2 Å². The van der Waals surface area contributed by atoms with Gasteiger partial charge in [-0.2, -0.15) is 0 Å². The largest absolute Gasteiger partial charge is 0.465 e. The number of amides is 1. The molecule has 0 radical (unpaired) electrons. The Morgan fingerprint density at radius 2 is 2.20 bits per heavy atom. The molecule has 1 aromatic carbocycles. The lowest BCUT2D eigenvalue weighted by atomic mass is 9.97. The van der Waals surface area contributed by atoms with Gasteiger partial charge in [-0.25, -0.2) is 9.18 Å². The van der Waals surface area contributed by atoms with Gasteiger partial charge in [-0.15, -0.1) is 0 Å². The Bertz CT molecular complexity index is 370. The van der Waals surface area contributed by atoms with Gasteiger partial charge in [0.15, 0.2) is 0 Å². The van der Waals surface area contributed by atoms with E-state index in [9.17, 15) is 9.18 Å². The zero-order valence-electron chi connectivity index (χ0n) is 8.33. The highest BCUT2D eigenvalue weighted by Gasteiger charge is 2.29. The molecule has 0 heterocycles. The fourth-order valence-corrected chi connectivity index (χ4v) is 1.36.